The molecular formula is C28H23ClF3N3O3. The minimum absolute atomic E-state index is 0.183. The monoisotopic (exact) mass is 541 g/mol. The van der Waals surface area contributed by atoms with E-state index in [0.717, 1.165) is 11.8 Å². The Morgan fingerprint density at radius 3 is 2.16 bits per heavy atom. The normalized spacial score (nSPS) is 18.1. The van der Waals surface area contributed by atoms with Gasteiger partial charge in [-0.1, -0.05) is 11.6 Å². The van der Waals surface area contributed by atoms with Gasteiger partial charge in [0, 0.05) is 36.6 Å². The number of aromatic nitrogens is 2. The van der Waals surface area contributed by atoms with Crippen LogP contribution < -0.4 is 10.6 Å². The second-order valence-electron chi connectivity index (χ2n) is 10.0. The smallest absolute Gasteiger partial charge is 0.335 e. The van der Waals surface area contributed by atoms with Gasteiger partial charge in [0.25, 0.3) is 5.92 Å². The first-order valence-electron chi connectivity index (χ1n) is 12.3. The molecule has 2 heterocycles. The van der Waals surface area contributed by atoms with Gasteiger partial charge in [-0.15, -0.1) is 0 Å². The number of imidazole rings is 1. The van der Waals surface area contributed by atoms with Gasteiger partial charge in [-0.3, -0.25) is 9.13 Å². The Morgan fingerprint density at radius 1 is 0.868 bits per heavy atom. The van der Waals surface area contributed by atoms with E-state index >= 15 is 0 Å². The third kappa shape index (κ3) is 4.05. The Morgan fingerprint density at radius 2 is 1.53 bits per heavy atom. The average molecular weight is 542 g/mol. The van der Waals surface area contributed by atoms with Crippen molar-refractivity contribution in [2.75, 3.05) is 18.0 Å². The largest absolute Gasteiger partial charge is 0.478 e. The molecule has 0 radical (unpaired) electrons. The van der Waals surface area contributed by atoms with Crippen LogP contribution in [0.1, 0.15) is 41.6 Å². The fraction of sp³-hybridized carbons (Fsp3) is 0.286. The fourth-order valence-electron chi connectivity index (χ4n) is 5.48. The quantitative estimate of drug-likeness (QED) is 0.334. The maximum atomic E-state index is 14.4. The standard InChI is InChI=1S/C28H23ClF3N3O3/c29-19-1-6-23-24(16-19)34(22-4-2-21(3-5-22)33-11-9-28(31,32)10-12-33)26(38)35(23)27(7-8-27)18-13-17(25(36)37)14-20(30)15-18/h1-6,13-16H,7-12H2,(H,36,37). The number of alkyl halides is 2. The second kappa shape index (κ2) is 8.66. The highest BCUT2D eigenvalue weighted by Gasteiger charge is 2.49. The molecule has 2 fully saturated rings. The van der Waals surface area contributed by atoms with Gasteiger partial charge < -0.3 is 10.0 Å². The summed E-state index contributed by atoms with van der Waals surface area (Å²) in [5.41, 5.74) is 1.47. The molecule has 6 nitrogen and oxygen atoms in total. The number of benzene rings is 3. The van der Waals surface area contributed by atoms with E-state index in [2.05, 4.69) is 0 Å². The maximum Gasteiger partial charge on any atom is 0.335 e. The Hall–Kier alpha value is -3.72. The van der Waals surface area contributed by atoms with Crippen LogP contribution in [0.15, 0.2) is 65.5 Å². The van der Waals surface area contributed by atoms with E-state index < -0.39 is 23.2 Å². The molecule has 3 aromatic carbocycles. The number of anilines is 1. The number of carboxylic acid groups (broad SMARTS) is 1. The summed E-state index contributed by atoms with van der Waals surface area (Å²) in [6, 6.07) is 15.9. The lowest BCUT2D eigenvalue weighted by atomic mass is 10.0. The van der Waals surface area contributed by atoms with Gasteiger partial charge in [-0.05, 0) is 79.1 Å². The summed E-state index contributed by atoms with van der Waals surface area (Å²) in [6.45, 7) is 0.491. The van der Waals surface area contributed by atoms with Crippen molar-refractivity contribution in [1.82, 2.24) is 9.13 Å². The van der Waals surface area contributed by atoms with E-state index in [0.29, 0.717) is 40.1 Å². The van der Waals surface area contributed by atoms with Crippen LogP contribution in [0.4, 0.5) is 18.9 Å². The number of carboxylic acids is 1. The van der Waals surface area contributed by atoms with Crippen LogP contribution in [0.5, 0.6) is 0 Å². The summed E-state index contributed by atoms with van der Waals surface area (Å²) >= 11 is 6.31. The molecule has 0 amide bonds. The Labute approximate surface area is 220 Å². The number of hydrogen-bond donors (Lipinski definition) is 1. The maximum absolute atomic E-state index is 14.4. The molecular weight excluding hydrogens is 519 g/mol. The number of nitrogens with zero attached hydrogens (tertiary/aromatic N) is 3. The Bertz CT molecular complexity index is 1630. The lowest BCUT2D eigenvalue weighted by Gasteiger charge is -2.33. The summed E-state index contributed by atoms with van der Waals surface area (Å²) in [7, 11) is 0. The minimum Gasteiger partial charge on any atom is -0.478 e. The Balaban J connectivity index is 1.46. The first-order chi connectivity index (χ1) is 18.1. The van der Waals surface area contributed by atoms with Crippen molar-refractivity contribution in [1.29, 1.82) is 0 Å². The molecule has 0 unspecified atom stereocenters. The van der Waals surface area contributed by atoms with Gasteiger partial charge in [0.05, 0.1) is 27.8 Å². The topological polar surface area (TPSA) is 67.5 Å². The molecule has 1 saturated carbocycles. The van der Waals surface area contributed by atoms with Crippen LogP contribution in [0.25, 0.3) is 16.7 Å². The predicted molar refractivity (Wildman–Crippen MR) is 139 cm³/mol. The molecule has 1 aliphatic carbocycles. The summed E-state index contributed by atoms with van der Waals surface area (Å²) in [5, 5.41) is 9.88. The fourth-order valence-corrected chi connectivity index (χ4v) is 5.65. The third-order valence-electron chi connectivity index (χ3n) is 7.60. The summed E-state index contributed by atoms with van der Waals surface area (Å²) in [6.07, 6.45) is 0.670. The molecule has 0 spiro atoms. The average Bonchev–Trinajstić information content (AvgIpc) is 3.62. The number of halogens is 4. The van der Waals surface area contributed by atoms with E-state index in [4.69, 9.17) is 11.6 Å². The lowest BCUT2D eigenvalue weighted by molar-refractivity contribution is -0.0220. The molecule has 0 atom stereocenters. The van der Waals surface area contributed by atoms with Crippen LogP contribution in [0.3, 0.4) is 0 Å². The number of piperidine rings is 1. The first-order valence-corrected chi connectivity index (χ1v) is 12.7. The molecule has 1 saturated heterocycles. The molecule has 1 aromatic heterocycles. The second-order valence-corrected chi connectivity index (χ2v) is 10.4. The molecule has 38 heavy (non-hydrogen) atoms. The van der Waals surface area contributed by atoms with E-state index in [9.17, 15) is 27.9 Å². The van der Waals surface area contributed by atoms with Gasteiger partial charge in [-0.25, -0.2) is 22.8 Å². The van der Waals surface area contributed by atoms with Gasteiger partial charge in [-0.2, -0.15) is 0 Å². The van der Waals surface area contributed by atoms with E-state index in [1.807, 2.05) is 4.90 Å². The molecule has 2 aliphatic rings. The van der Waals surface area contributed by atoms with Crippen molar-refractivity contribution in [3.05, 3.63) is 93.1 Å². The molecule has 0 bridgehead atoms. The summed E-state index contributed by atoms with van der Waals surface area (Å²) < 4.78 is 44.7. The Kier molecular flexibility index (Phi) is 5.61. The molecule has 196 valence electrons. The third-order valence-corrected chi connectivity index (χ3v) is 7.84. The zero-order valence-electron chi connectivity index (χ0n) is 20.1. The number of carbonyl (C=O) groups is 1. The van der Waals surface area contributed by atoms with Crippen molar-refractivity contribution in [2.24, 2.45) is 0 Å². The molecule has 10 heteroatoms. The number of aromatic carboxylic acids is 1. The van der Waals surface area contributed by atoms with Crippen LogP contribution in [-0.2, 0) is 5.54 Å². The molecule has 6 rings (SSSR count). The predicted octanol–water partition coefficient (Wildman–Crippen LogP) is 6.06. The van der Waals surface area contributed by atoms with Crippen molar-refractivity contribution in [2.45, 2.75) is 37.1 Å². The van der Waals surface area contributed by atoms with Crippen LogP contribution in [0, 0.1) is 5.82 Å². The van der Waals surface area contributed by atoms with E-state index in [-0.39, 0.29) is 37.2 Å². The first kappa shape index (κ1) is 24.6. The highest BCUT2D eigenvalue weighted by atomic mass is 35.5. The van der Waals surface area contributed by atoms with Gasteiger partial charge in [0.15, 0.2) is 0 Å². The SMILES string of the molecule is O=C(O)c1cc(F)cc(C2(n3c(=O)n(-c4ccc(N5CCC(F)(F)CC5)cc4)c4cc(Cl)ccc43)CC2)c1. The zero-order valence-corrected chi connectivity index (χ0v) is 20.9. The van der Waals surface area contributed by atoms with Crippen molar-refractivity contribution >= 4 is 34.3 Å². The minimum atomic E-state index is -2.64. The molecule has 1 aliphatic heterocycles. The lowest BCUT2D eigenvalue weighted by Crippen LogP contribution is -2.39. The van der Waals surface area contributed by atoms with Crippen molar-refractivity contribution in [3.8, 4) is 5.69 Å². The van der Waals surface area contributed by atoms with Gasteiger partial charge in [0.2, 0.25) is 0 Å². The van der Waals surface area contributed by atoms with Crippen LogP contribution in [0.2, 0.25) is 5.02 Å². The van der Waals surface area contributed by atoms with E-state index in [1.54, 1.807) is 47.0 Å². The zero-order chi connectivity index (χ0) is 26.8. The molecule has 4 aromatic rings. The van der Waals surface area contributed by atoms with Crippen molar-refractivity contribution < 1.29 is 23.1 Å². The number of rotatable bonds is 5. The van der Waals surface area contributed by atoms with Gasteiger partial charge >= 0.3 is 11.7 Å². The van der Waals surface area contributed by atoms with Crippen molar-refractivity contribution in [3.63, 3.8) is 0 Å². The van der Waals surface area contributed by atoms with Gasteiger partial charge in [0.1, 0.15) is 5.82 Å². The van der Waals surface area contributed by atoms with Crippen LogP contribution in [-0.4, -0.2) is 39.2 Å². The van der Waals surface area contributed by atoms with Crippen LogP contribution >= 0.6 is 11.6 Å². The van der Waals surface area contributed by atoms with E-state index in [1.165, 1.54) is 16.7 Å². The number of fused-ring (bicyclic) bond motifs is 1. The summed E-state index contributed by atoms with van der Waals surface area (Å²) in [5.74, 6) is -4.58. The number of hydrogen-bond acceptors (Lipinski definition) is 3. The highest BCUT2D eigenvalue weighted by Crippen LogP contribution is 2.50. The highest BCUT2D eigenvalue weighted by molar-refractivity contribution is 6.31. The molecule has 1 N–H and O–H groups in total. The summed E-state index contributed by atoms with van der Waals surface area (Å²) in [4.78, 5) is 27.5.